The lowest BCUT2D eigenvalue weighted by Gasteiger charge is -2.11. The lowest BCUT2D eigenvalue weighted by Crippen LogP contribution is -2.24. The third kappa shape index (κ3) is 6.76. The zero-order valence-electron chi connectivity index (χ0n) is 16.3. The standard InChI is InChI=1S/C22H22ClNO5/c1-14(2)21(22(26)27)24-13-16-6-10-18(19(12-16)28-3)29-20(25)11-7-15-4-8-17(23)9-5-15/h4-14,21H,1-3H3,(H,26,27)/b11-7+,24-13?. The Bertz CT molecular complexity index is 919. The Morgan fingerprint density at radius 1 is 1.07 bits per heavy atom. The van der Waals surface area contributed by atoms with E-state index in [1.54, 1.807) is 62.4 Å². The first kappa shape index (κ1) is 22.2. The van der Waals surface area contributed by atoms with Crippen LogP contribution < -0.4 is 9.47 Å². The fourth-order valence-corrected chi connectivity index (χ4v) is 2.54. The summed E-state index contributed by atoms with van der Waals surface area (Å²) in [7, 11) is 1.45. The molecule has 1 atom stereocenters. The number of ether oxygens (including phenoxy) is 2. The molecule has 2 aromatic carbocycles. The number of hydrogen-bond acceptors (Lipinski definition) is 5. The number of carboxylic acid groups (broad SMARTS) is 1. The van der Waals surface area contributed by atoms with Crippen molar-refractivity contribution < 1.29 is 24.2 Å². The highest BCUT2D eigenvalue weighted by Gasteiger charge is 2.19. The summed E-state index contributed by atoms with van der Waals surface area (Å²) in [6.45, 7) is 3.58. The van der Waals surface area contributed by atoms with Crippen molar-refractivity contribution in [3.63, 3.8) is 0 Å². The van der Waals surface area contributed by atoms with E-state index in [9.17, 15) is 14.7 Å². The van der Waals surface area contributed by atoms with E-state index in [0.29, 0.717) is 16.3 Å². The number of benzene rings is 2. The van der Waals surface area contributed by atoms with Gasteiger partial charge in [-0.15, -0.1) is 0 Å². The largest absolute Gasteiger partial charge is 0.493 e. The van der Waals surface area contributed by atoms with Gasteiger partial charge in [0.25, 0.3) is 0 Å². The van der Waals surface area contributed by atoms with Crippen molar-refractivity contribution in [3.05, 3.63) is 64.7 Å². The van der Waals surface area contributed by atoms with Crippen LogP contribution in [0.25, 0.3) is 6.08 Å². The SMILES string of the molecule is COc1cc(C=NC(C(=O)O)C(C)C)ccc1OC(=O)/C=C/c1ccc(Cl)cc1. The summed E-state index contributed by atoms with van der Waals surface area (Å²) in [5, 5.41) is 9.82. The van der Waals surface area contributed by atoms with Gasteiger partial charge in [0.2, 0.25) is 0 Å². The van der Waals surface area contributed by atoms with Crippen LogP contribution in [0.15, 0.2) is 53.5 Å². The topological polar surface area (TPSA) is 85.2 Å². The molecule has 0 radical (unpaired) electrons. The number of aliphatic imine (C=N–C) groups is 1. The van der Waals surface area contributed by atoms with E-state index in [1.165, 1.54) is 19.4 Å². The van der Waals surface area contributed by atoms with Gasteiger partial charge in [0.15, 0.2) is 11.5 Å². The third-order valence-corrected chi connectivity index (χ3v) is 4.20. The van der Waals surface area contributed by atoms with Gasteiger partial charge in [0.1, 0.15) is 6.04 Å². The minimum atomic E-state index is -0.985. The van der Waals surface area contributed by atoms with Gasteiger partial charge in [-0.1, -0.05) is 37.6 Å². The number of halogens is 1. The zero-order valence-corrected chi connectivity index (χ0v) is 17.1. The highest BCUT2D eigenvalue weighted by atomic mass is 35.5. The summed E-state index contributed by atoms with van der Waals surface area (Å²) in [6, 6.07) is 11.0. The van der Waals surface area contributed by atoms with Crippen molar-refractivity contribution >= 4 is 35.8 Å². The van der Waals surface area contributed by atoms with Crippen LogP contribution in [-0.4, -0.2) is 36.4 Å². The lowest BCUT2D eigenvalue weighted by atomic mass is 10.1. The quantitative estimate of drug-likeness (QED) is 0.297. The molecule has 2 rings (SSSR count). The van der Waals surface area contributed by atoms with Gasteiger partial charge < -0.3 is 14.6 Å². The van der Waals surface area contributed by atoms with Crippen LogP contribution >= 0.6 is 11.6 Å². The van der Waals surface area contributed by atoms with Crippen molar-refractivity contribution in [1.82, 2.24) is 0 Å². The molecule has 2 aromatic rings. The molecule has 0 spiro atoms. The summed E-state index contributed by atoms with van der Waals surface area (Å²) < 4.78 is 10.6. The molecule has 0 bridgehead atoms. The Morgan fingerprint density at radius 2 is 1.72 bits per heavy atom. The lowest BCUT2D eigenvalue weighted by molar-refractivity contribution is -0.139. The first-order chi connectivity index (χ1) is 13.8. The molecule has 0 aliphatic carbocycles. The monoisotopic (exact) mass is 415 g/mol. The molecule has 0 aromatic heterocycles. The average Bonchev–Trinajstić information content (AvgIpc) is 2.68. The van der Waals surface area contributed by atoms with Crippen LogP contribution in [0.2, 0.25) is 5.02 Å². The fourth-order valence-electron chi connectivity index (χ4n) is 2.42. The summed E-state index contributed by atoms with van der Waals surface area (Å²) >= 11 is 5.83. The third-order valence-electron chi connectivity index (χ3n) is 3.95. The maximum absolute atomic E-state index is 12.1. The minimum Gasteiger partial charge on any atom is -0.493 e. The predicted molar refractivity (Wildman–Crippen MR) is 113 cm³/mol. The molecular formula is C22H22ClNO5. The van der Waals surface area contributed by atoms with Gasteiger partial charge in [-0.3, -0.25) is 4.99 Å². The van der Waals surface area contributed by atoms with Crippen molar-refractivity contribution in [1.29, 1.82) is 0 Å². The number of nitrogens with zero attached hydrogens (tertiary/aromatic N) is 1. The second-order valence-electron chi connectivity index (χ2n) is 6.52. The van der Waals surface area contributed by atoms with Gasteiger partial charge in [-0.2, -0.15) is 0 Å². The number of aliphatic carboxylic acids is 1. The average molecular weight is 416 g/mol. The Hall–Kier alpha value is -3.12. The van der Waals surface area contributed by atoms with Crippen LogP contribution in [0.1, 0.15) is 25.0 Å². The van der Waals surface area contributed by atoms with Gasteiger partial charge in [0.05, 0.1) is 7.11 Å². The zero-order chi connectivity index (χ0) is 21.4. The van der Waals surface area contributed by atoms with Crippen molar-refractivity contribution in [3.8, 4) is 11.5 Å². The van der Waals surface area contributed by atoms with Crippen molar-refractivity contribution in [2.45, 2.75) is 19.9 Å². The Morgan fingerprint density at radius 3 is 2.31 bits per heavy atom. The fraction of sp³-hybridized carbons (Fsp3) is 0.227. The summed E-state index contributed by atoms with van der Waals surface area (Å²) in [6.07, 6.45) is 4.38. The summed E-state index contributed by atoms with van der Waals surface area (Å²) in [4.78, 5) is 27.4. The van der Waals surface area contributed by atoms with Crippen molar-refractivity contribution in [2.24, 2.45) is 10.9 Å². The number of esters is 1. The second kappa shape index (κ2) is 10.4. The molecule has 152 valence electrons. The van der Waals surface area contributed by atoms with Gasteiger partial charge in [-0.25, -0.2) is 9.59 Å². The van der Waals surface area contributed by atoms with Gasteiger partial charge in [-0.05, 0) is 53.5 Å². The molecule has 6 nitrogen and oxygen atoms in total. The molecule has 1 N–H and O–H groups in total. The molecule has 29 heavy (non-hydrogen) atoms. The highest BCUT2D eigenvalue weighted by Crippen LogP contribution is 2.28. The number of carbonyl (C=O) groups excluding carboxylic acids is 1. The van der Waals surface area contributed by atoms with Crippen LogP contribution in [0.5, 0.6) is 11.5 Å². The molecule has 0 heterocycles. The van der Waals surface area contributed by atoms with E-state index >= 15 is 0 Å². The smallest absolute Gasteiger partial charge is 0.336 e. The molecule has 0 amide bonds. The molecule has 0 aliphatic rings. The summed E-state index contributed by atoms with van der Waals surface area (Å²) in [5.74, 6) is -1.11. The number of carboxylic acids is 1. The number of rotatable bonds is 8. The Labute approximate surface area is 174 Å². The van der Waals surface area contributed by atoms with Crippen LogP contribution in [-0.2, 0) is 9.59 Å². The van der Waals surface area contributed by atoms with E-state index in [-0.39, 0.29) is 11.7 Å². The summed E-state index contributed by atoms with van der Waals surface area (Å²) in [5.41, 5.74) is 1.44. The van der Waals surface area contributed by atoms with Crippen molar-refractivity contribution in [2.75, 3.05) is 7.11 Å². The maximum atomic E-state index is 12.1. The van der Waals surface area contributed by atoms with E-state index in [2.05, 4.69) is 4.99 Å². The predicted octanol–water partition coefficient (Wildman–Crippen LogP) is 4.50. The van der Waals surface area contributed by atoms with E-state index < -0.39 is 18.0 Å². The molecule has 0 saturated carbocycles. The normalized spacial score (nSPS) is 12.4. The minimum absolute atomic E-state index is 0.140. The number of carbonyl (C=O) groups is 2. The van der Waals surface area contributed by atoms with Gasteiger partial charge in [0, 0.05) is 17.3 Å². The maximum Gasteiger partial charge on any atom is 0.336 e. The molecule has 0 saturated heterocycles. The first-order valence-corrected chi connectivity index (χ1v) is 9.27. The molecule has 1 unspecified atom stereocenters. The number of hydrogen-bond donors (Lipinski definition) is 1. The van der Waals surface area contributed by atoms with E-state index in [4.69, 9.17) is 21.1 Å². The Kier molecular flexibility index (Phi) is 7.98. The van der Waals surface area contributed by atoms with Crippen LogP contribution in [0.4, 0.5) is 0 Å². The molecule has 0 aliphatic heterocycles. The van der Waals surface area contributed by atoms with Gasteiger partial charge >= 0.3 is 11.9 Å². The highest BCUT2D eigenvalue weighted by molar-refractivity contribution is 6.30. The molecule has 7 heteroatoms. The first-order valence-electron chi connectivity index (χ1n) is 8.89. The second-order valence-corrected chi connectivity index (χ2v) is 6.96. The van der Waals surface area contributed by atoms with E-state index in [0.717, 1.165) is 5.56 Å². The Balaban J connectivity index is 2.10. The molecule has 0 fully saturated rings. The van der Waals surface area contributed by atoms with E-state index in [1.807, 2.05) is 0 Å². The van der Waals surface area contributed by atoms with Crippen LogP contribution in [0.3, 0.4) is 0 Å². The molecular weight excluding hydrogens is 394 g/mol. The number of methoxy groups -OCH3 is 1. The van der Waals surface area contributed by atoms with Crippen LogP contribution in [0, 0.1) is 5.92 Å².